The molecule has 2 aromatic rings. The molecule has 0 atom stereocenters. The van der Waals surface area contributed by atoms with E-state index in [1.165, 1.54) is 6.92 Å². The Kier molecular flexibility index (Phi) is 4.38. The fraction of sp³-hybridized carbons (Fsp3) is 0.0667. The van der Waals surface area contributed by atoms with Gasteiger partial charge in [-0.05, 0) is 36.4 Å². The van der Waals surface area contributed by atoms with Crippen LogP contribution in [0.1, 0.15) is 12.5 Å². The van der Waals surface area contributed by atoms with Crippen molar-refractivity contribution in [3.63, 3.8) is 0 Å². The molecule has 1 amide bonds. The average molecular weight is 330 g/mol. The molecule has 2 rings (SSSR count). The summed E-state index contributed by atoms with van der Waals surface area (Å²) in [6, 6.07) is 14.9. The molecule has 0 unspecified atom stereocenters. The molecule has 0 heterocycles. The van der Waals surface area contributed by atoms with Gasteiger partial charge in [0.15, 0.2) is 0 Å². The number of amides is 1. The van der Waals surface area contributed by atoms with E-state index in [0.29, 0.717) is 5.56 Å². The molecule has 0 aliphatic rings. The number of hydrogen-bond acceptors (Lipinski definition) is 3. The van der Waals surface area contributed by atoms with E-state index >= 15 is 0 Å². The topological polar surface area (TPSA) is 64.9 Å². The van der Waals surface area contributed by atoms with E-state index in [9.17, 15) is 4.79 Å². The second-order valence-corrected chi connectivity index (χ2v) is 5.14. The molecule has 0 fully saturated rings. The Morgan fingerprint density at radius 2 is 1.90 bits per heavy atom. The van der Waals surface area contributed by atoms with Gasteiger partial charge in [-0.3, -0.25) is 4.79 Å². The van der Waals surface area contributed by atoms with E-state index < -0.39 is 0 Å². The van der Waals surface area contributed by atoms with Crippen LogP contribution >= 0.6 is 15.9 Å². The molecule has 4 nitrogen and oxygen atoms in total. The lowest BCUT2D eigenvalue weighted by Crippen LogP contribution is -2.05. The van der Waals surface area contributed by atoms with Crippen LogP contribution in [0.15, 0.2) is 46.9 Å². The summed E-state index contributed by atoms with van der Waals surface area (Å²) in [5.41, 5.74) is 2.92. The van der Waals surface area contributed by atoms with Gasteiger partial charge in [0.25, 0.3) is 0 Å². The summed E-state index contributed by atoms with van der Waals surface area (Å²) in [4.78, 5) is 11.0. The monoisotopic (exact) mass is 329 g/mol. The van der Waals surface area contributed by atoms with Gasteiger partial charge in [-0.15, -0.1) is 0 Å². The fourth-order valence-corrected chi connectivity index (χ4v) is 2.26. The summed E-state index contributed by atoms with van der Waals surface area (Å²) in [5.74, 6) is -0.114. The smallest absolute Gasteiger partial charge is 0.221 e. The Morgan fingerprint density at radius 1 is 1.15 bits per heavy atom. The third-order valence-electron chi connectivity index (χ3n) is 2.50. The lowest BCUT2D eigenvalue weighted by atomic mass is 10.2. The van der Waals surface area contributed by atoms with Gasteiger partial charge < -0.3 is 10.6 Å². The normalized spacial score (nSPS) is 9.65. The van der Waals surface area contributed by atoms with Crippen molar-refractivity contribution in [3.05, 3.63) is 52.5 Å². The molecular weight excluding hydrogens is 318 g/mol. The molecule has 0 saturated heterocycles. The number of anilines is 3. The number of carbonyl (C=O) groups is 1. The number of halogens is 1. The van der Waals surface area contributed by atoms with Crippen molar-refractivity contribution in [2.75, 3.05) is 10.6 Å². The van der Waals surface area contributed by atoms with Crippen LogP contribution in [-0.2, 0) is 4.79 Å². The Balaban J connectivity index is 2.24. The lowest BCUT2D eigenvalue weighted by Gasteiger charge is -2.09. The van der Waals surface area contributed by atoms with Crippen LogP contribution in [0.3, 0.4) is 0 Å². The number of nitriles is 1. The van der Waals surface area contributed by atoms with Gasteiger partial charge in [-0.1, -0.05) is 22.0 Å². The van der Waals surface area contributed by atoms with Gasteiger partial charge in [0.05, 0.1) is 11.6 Å². The molecule has 0 aliphatic heterocycles. The van der Waals surface area contributed by atoms with E-state index in [-0.39, 0.29) is 5.91 Å². The largest absolute Gasteiger partial charge is 0.355 e. The van der Waals surface area contributed by atoms with E-state index in [1.54, 1.807) is 12.1 Å². The van der Waals surface area contributed by atoms with Crippen molar-refractivity contribution in [1.82, 2.24) is 0 Å². The van der Waals surface area contributed by atoms with Crippen LogP contribution < -0.4 is 10.6 Å². The molecule has 0 aromatic heterocycles. The van der Waals surface area contributed by atoms with E-state index in [4.69, 9.17) is 5.26 Å². The van der Waals surface area contributed by atoms with E-state index in [2.05, 4.69) is 32.6 Å². The van der Waals surface area contributed by atoms with Crippen molar-refractivity contribution in [3.8, 4) is 6.07 Å². The van der Waals surface area contributed by atoms with Crippen molar-refractivity contribution < 1.29 is 4.79 Å². The zero-order valence-corrected chi connectivity index (χ0v) is 12.4. The fourth-order valence-electron chi connectivity index (χ4n) is 1.77. The highest BCUT2D eigenvalue weighted by Gasteiger charge is 2.01. The molecule has 100 valence electrons. The number of nitrogens with one attached hydrogen (secondary N) is 2. The lowest BCUT2D eigenvalue weighted by molar-refractivity contribution is -0.114. The number of nitrogens with zero attached hydrogens (tertiary/aromatic N) is 1. The highest BCUT2D eigenvalue weighted by molar-refractivity contribution is 9.10. The third-order valence-corrected chi connectivity index (χ3v) is 2.96. The molecule has 0 spiro atoms. The van der Waals surface area contributed by atoms with Crippen molar-refractivity contribution >= 4 is 38.9 Å². The zero-order valence-electron chi connectivity index (χ0n) is 10.8. The first-order valence-electron chi connectivity index (χ1n) is 5.92. The van der Waals surface area contributed by atoms with Gasteiger partial charge >= 0.3 is 0 Å². The molecule has 2 aromatic carbocycles. The Labute approximate surface area is 125 Å². The predicted octanol–water partition coefficient (Wildman–Crippen LogP) is 4.02. The standard InChI is InChI=1S/C15H12BrN3O/c1-10(20)18-13-3-2-4-14(8-13)19-15-6-11(9-17)5-12(16)7-15/h2-8,19H,1H3,(H,18,20). The highest BCUT2D eigenvalue weighted by Crippen LogP contribution is 2.24. The van der Waals surface area contributed by atoms with Crippen LogP contribution in [-0.4, -0.2) is 5.91 Å². The van der Waals surface area contributed by atoms with Crippen LogP contribution in [0.25, 0.3) is 0 Å². The molecule has 0 saturated carbocycles. The first-order chi connectivity index (χ1) is 9.56. The third kappa shape index (κ3) is 3.84. The minimum absolute atomic E-state index is 0.114. The van der Waals surface area contributed by atoms with Crippen LogP contribution in [0.2, 0.25) is 0 Å². The maximum Gasteiger partial charge on any atom is 0.221 e. The second-order valence-electron chi connectivity index (χ2n) is 4.23. The summed E-state index contributed by atoms with van der Waals surface area (Å²) in [5, 5.41) is 14.9. The van der Waals surface area contributed by atoms with Crippen LogP contribution in [0.4, 0.5) is 17.1 Å². The van der Waals surface area contributed by atoms with Gasteiger partial charge in [-0.25, -0.2) is 0 Å². The van der Waals surface area contributed by atoms with Crippen LogP contribution in [0.5, 0.6) is 0 Å². The maximum atomic E-state index is 11.0. The number of benzene rings is 2. The first-order valence-corrected chi connectivity index (χ1v) is 6.71. The van der Waals surface area contributed by atoms with E-state index in [0.717, 1.165) is 21.5 Å². The van der Waals surface area contributed by atoms with Crippen molar-refractivity contribution in [2.24, 2.45) is 0 Å². The van der Waals surface area contributed by atoms with Crippen molar-refractivity contribution in [2.45, 2.75) is 6.92 Å². The number of hydrogen-bond donors (Lipinski definition) is 2. The molecule has 0 radical (unpaired) electrons. The Hall–Kier alpha value is -2.32. The predicted molar refractivity (Wildman–Crippen MR) is 82.9 cm³/mol. The molecular formula is C15H12BrN3O. The molecule has 2 N–H and O–H groups in total. The summed E-state index contributed by atoms with van der Waals surface area (Å²) in [6.45, 7) is 1.47. The average Bonchev–Trinajstić information content (AvgIpc) is 2.37. The van der Waals surface area contributed by atoms with Gasteiger partial charge in [0.1, 0.15) is 0 Å². The summed E-state index contributed by atoms with van der Waals surface area (Å²) < 4.78 is 0.831. The Bertz CT molecular complexity index is 692. The summed E-state index contributed by atoms with van der Waals surface area (Å²) >= 11 is 3.37. The van der Waals surface area contributed by atoms with Gasteiger partial charge in [0.2, 0.25) is 5.91 Å². The SMILES string of the molecule is CC(=O)Nc1cccc(Nc2cc(Br)cc(C#N)c2)c1. The molecule has 5 heteroatoms. The van der Waals surface area contributed by atoms with Crippen LogP contribution in [0, 0.1) is 11.3 Å². The second kappa shape index (κ2) is 6.22. The highest BCUT2D eigenvalue weighted by atomic mass is 79.9. The van der Waals surface area contributed by atoms with Crippen molar-refractivity contribution in [1.29, 1.82) is 5.26 Å². The molecule has 0 bridgehead atoms. The minimum Gasteiger partial charge on any atom is -0.355 e. The maximum absolute atomic E-state index is 11.0. The van der Waals surface area contributed by atoms with Gasteiger partial charge in [0, 0.05) is 28.5 Å². The van der Waals surface area contributed by atoms with E-state index in [1.807, 2.05) is 30.3 Å². The molecule has 0 aliphatic carbocycles. The van der Waals surface area contributed by atoms with Gasteiger partial charge in [-0.2, -0.15) is 5.26 Å². The number of carbonyl (C=O) groups excluding carboxylic acids is 1. The number of rotatable bonds is 3. The summed E-state index contributed by atoms with van der Waals surface area (Å²) in [7, 11) is 0. The minimum atomic E-state index is -0.114. The molecule has 20 heavy (non-hydrogen) atoms. The summed E-state index contributed by atoms with van der Waals surface area (Å²) in [6.07, 6.45) is 0. The Morgan fingerprint density at radius 3 is 2.60 bits per heavy atom. The quantitative estimate of drug-likeness (QED) is 0.893. The zero-order chi connectivity index (χ0) is 14.5. The first kappa shape index (κ1) is 14.1.